The molecule has 0 atom stereocenters. The van der Waals surface area contributed by atoms with Crippen molar-refractivity contribution in [3.8, 4) is 0 Å². The molecule has 1 rings (SSSR count). The van der Waals surface area contributed by atoms with Crippen molar-refractivity contribution in [2.24, 2.45) is 5.10 Å². The summed E-state index contributed by atoms with van der Waals surface area (Å²) in [5.41, 5.74) is 3.72. The van der Waals surface area contributed by atoms with Crippen molar-refractivity contribution in [2.75, 3.05) is 6.54 Å². The van der Waals surface area contributed by atoms with E-state index in [0.717, 1.165) is 5.56 Å². The molecule has 74 valence electrons. The SMILES string of the molecule is C/C=N/NCC(=O)Cc1ccccc1. The van der Waals surface area contributed by atoms with E-state index in [4.69, 9.17) is 0 Å². The number of hydrogen-bond donors (Lipinski definition) is 1. The van der Waals surface area contributed by atoms with E-state index in [9.17, 15) is 4.79 Å². The lowest BCUT2D eigenvalue weighted by Crippen LogP contribution is -2.19. The highest BCUT2D eigenvalue weighted by Gasteiger charge is 2.01. The second-order valence-corrected chi connectivity index (χ2v) is 2.92. The first kappa shape index (κ1) is 10.4. The lowest BCUT2D eigenvalue weighted by atomic mass is 10.1. The first-order valence-corrected chi connectivity index (χ1v) is 4.59. The third-order valence-corrected chi connectivity index (χ3v) is 1.74. The number of benzene rings is 1. The summed E-state index contributed by atoms with van der Waals surface area (Å²) < 4.78 is 0. The van der Waals surface area contributed by atoms with Gasteiger partial charge in [-0.3, -0.25) is 4.79 Å². The molecule has 0 unspecified atom stereocenters. The summed E-state index contributed by atoms with van der Waals surface area (Å²) in [7, 11) is 0. The predicted molar refractivity (Wildman–Crippen MR) is 57.3 cm³/mol. The van der Waals surface area contributed by atoms with Crippen LogP contribution in [0.5, 0.6) is 0 Å². The molecule has 0 aromatic heterocycles. The molecule has 0 aliphatic carbocycles. The van der Waals surface area contributed by atoms with Gasteiger partial charge in [0.2, 0.25) is 0 Å². The van der Waals surface area contributed by atoms with Gasteiger partial charge in [-0.2, -0.15) is 5.10 Å². The number of rotatable bonds is 5. The van der Waals surface area contributed by atoms with Crippen LogP contribution in [-0.2, 0) is 11.2 Å². The van der Waals surface area contributed by atoms with E-state index in [1.54, 1.807) is 13.1 Å². The van der Waals surface area contributed by atoms with Gasteiger partial charge in [0, 0.05) is 12.6 Å². The third-order valence-electron chi connectivity index (χ3n) is 1.74. The summed E-state index contributed by atoms with van der Waals surface area (Å²) in [4.78, 5) is 11.4. The number of nitrogens with one attached hydrogen (secondary N) is 1. The van der Waals surface area contributed by atoms with Crippen molar-refractivity contribution in [3.05, 3.63) is 35.9 Å². The van der Waals surface area contributed by atoms with E-state index >= 15 is 0 Å². The molecule has 1 aromatic carbocycles. The van der Waals surface area contributed by atoms with Gasteiger partial charge in [0.25, 0.3) is 0 Å². The number of hydrogen-bond acceptors (Lipinski definition) is 3. The fourth-order valence-electron chi connectivity index (χ4n) is 1.11. The van der Waals surface area contributed by atoms with Crippen molar-refractivity contribution in [1.82, 2.24) is 5.43 Å². The van der Waals surface area contributed by atoms with Crippen molar-refractivity contribution < 1.29 is 4.79 Å². The zero-order valence-electron chi connectivity index (χ0n) is 8.23. The van der Waals surface area contributed by atoms with E-state index in [2.05, 4.69) is 10.5 Å². The zero-order chi connectivity index (χ0) is 10.2. The summed E-state index contributed by atoms with van der Waals surface area (Å²) in [5.74, 6) is 0.141. The maximum atomic E-state index is 11.4. The van der Waals surface area contributed by atoms with Gasteiger partial charge in [-0.25, -0.2) is 0 Å². The minimum absolute atomic E-state index is 0.141. The second kappa shape index (κ2) is 5.91. The van der Waals surface area contributed by atoms with Gasteiger partial charge in [0.15, 0.2) is 5.78 Å². The van der Waals surface area contributed by atoms with Crippen LogP contribution in [0.2, 0.25) is 0 Å². The molecular formula is C11H14N2O. The van der Waals surface area contributed by atoms with Crippen molar-refractivity contribution in [1.29, 1.82) is 0 Å². The number of Topliss-reactive ketones (excluding diaryl/α,β-unsaturated/α-hetero) is 1. The van der Waals surface area contributed by atoms with Crippen molar-refractivity contribution in [3.63, 3.8) is 0 Å². The topological polar surface area (TPSA) is 41.5 Å². The van der Waals surface area contributed by atoms with Gasteiger partial charge in [0.05, 0.1) is 6.54 Å². The number of carbonyl (C=O) groups excluding carboxylic acids is 1. The molecule has 1 aromatic rings. The second-order valence-electron chi connectivity index (χ2n) is 2.92. The number of ketones is 1. The molecule has 0 aliphatic heterocycles. The molecule has 0 fully saturated rings. The van der Waals surface area contributed by atoms with Crippen molar-refractivity contribution >= 4 is 12.0 Å². The molecule has 1 N–H and O–H groups in total. The Morgan fingerprint density at radius 2 is 2.14 bits per heavy atom. The molecule has 0 bridgehead atoms. The van der Waals surface area contributed by atoms with Crippen LogP contribution >= 0.6 is 0 Å². The van der Waals surface area contributed by atoms with Crippen LogP contribution in [0.25, 0.3) is 0 Å². The van der Waals surface area contributed by atoms with Gasteiger partial charge < -0.3 is 5.43 Å². The Morgan fingerprint density at radius 3 is 2.79 bits per heavy atom. The lowest BCUT2D eigenvalue weighted by molar-refractivity contribution is -0.117. The van der Waals surface area contributed by atoms with Crippen LogP contribution in [0.3, 0.4) is 0 Å². The van der Waals surface area contributed by atoms with Crippen LogP contribution < -0.4 is 5.43 Å². The molecule has 0 radical (unpaired) electrons. The monoisotopic (exact) mass is 190 g/mol. The average molecular weight is 190 g/mol. The minimum atomic E-state index is 0.141. The highest BCUT2D eigenvalue weighted by Crippen LogP contribution is 1.99. The van der Waals surface area contributed by atoms with E-state index in [0.29, 0.717) is 13.0 Å². The van der Waals surface area contributed by atoms with Crippen LogP contribution in [-0.4, -0.2) is 18.5 Å². The fraction of sp³-hybridized carbons (Fsp3) is 0.273. The van der Waals surface area contributed by atoms with Gasteiger partial charge in [-0.1, -0.05) is 30.3 Å². The van der Waals surface area contributed by atoms with Gasteiger partial charge in [-0.15, -0.1) is 0 Å². The lowest BCUT2D eigenvalue weighted by Gasteiger charge is -2.00. The largest absolute Gasteiger partial charge is 0.303 e. The van der Waals surface area contributed by atoms with Crippen LogP contribution in [0.4, 0.5) is 0 Å². The maximum absolute atomic E-state index is 11.4. The summed E-state index contributed by atoms with van der Waals surface area (Å²) in [6.07, 6.45) is 2.09. The Morgan fingerprint density at radius 1 is 1.43 bits per heavy atom. The van der Waals surface area contributed by atoms with E-state index in [-0.39, 0.29) is 5.78 Å². The molecule has 0 saturated heterocycles. The Kier molecular flexibility index (Phi) is 4.41. The highest BCUT2D eigenvalue weighted by molar-refractivity contribution is 5.82. The first-order chi connectivity index (χ1) is 6.83. The average Bonchev–Trinajstić information content (AvgIpc) is 2.20. The molecule has 3 nitrogen and oxygen atoms in total. The summed E-state index contributed by atoms with van der Waals surface area (Å²) >= 11 is 0. The Balaban J connectivity index is 2.34. The fourth-order valence-corrected chi connectivity index (χ4v) is 1.11. The van der Waals surface area contributed by atoms with E-state index < -0.39 is 0 Å². The van der Waals surface area contributed by atoms with Gasteiger partial charge in [0.1, 0.15) is 0 Å². The minimum Gasteiger partial charge on any atom is -0.303 e. The molecule has 14 heavy (non-hydrogen) atoms. The smallest absolute Gasteiger partial charge is 0.157 e. The number of nitrogens with zero attached hydrogens (tertiary/aromatic N) is 1. The first-order valence-electron chi connectivity index (χ1n) is 4.59. The number of hydrazone groups is 1. The van der Waals surface area contributed by atoms with Crippen LogP contribution in [0.1, 0.15) is 12.5 Å². The Labute approximate surface area is 83.8 Å². The summed E-state index contributed by atoms with van der Waals surface area (Å²) in [6, 6.07) is 9.69. The molecule has 0 saturated carbocycles. The van der Waals surface area contributed by atoms with E-state index in [1.807, 2.05) is 30.3 Å². The van der Waals surface area contributed by atoms with Crippen LogP contribution in [0.15, 0.2) is 35.4 Å². The van der Waals surface area contributed by atoms with Crippen molar-refractivity contribution in [2.45, 2.75) is 13.3 Å². The molecule has 0 spiro atoms. The van der Waals surface area contributed by atoms with Gasteiger partial charge >= 0.3 is 0 Å². The normalized spacial score (nSPS) is 10.4. The van der Waals surface area contributed by atoms with Crippen LogP contribution in [0, 0.1) is 0 Å². The molecule has 0 amide bonds. The molecule has 0 aliphatic rings. The Hall–Kier alpha value is -1.64. The summed E-state index contributed by atoms with van der Waals surface area (Å²) in [6.45, 7) is 2.09. The number of carbonyl (C=O) groups is 1. The zero-order valence-corrected chi connectivity index (χ0v) is 8.23. The Bertz CT molecular complexity index is 306. The quantitative estimate of drug-likeness (QED) is 0.563. The maximum Gasteiger partial charge on any atom is 0.157 e. The standard InChI is InChI=1S/C11H14N2O/c1-2-12-13-9-11(14)8-10-6-4-3-5-7-10/h2-7,13H,8-9H2,1H3/b12-2+. The third kappa shape index (κ3) is 3.85. The van der Waals surface area contributed by atoms with Gasteiger partial charge in [-0.05, 0) is 12.5 Å². The van der Waals surface area contributed by atoms with E-state index in [1.165, 1.54) is 0 Å². The molecular weight excluding hydrogens is 176 g/mol. The molecule has 0 heterocycles. The predicted octanol–water partition coefficient (Wildman–Crippen LogP) is 1.39. The summed E-state index contributed by atoms with van der Waals surface area (Å²) in [5, 5.41) is 3.76. The highest BCUT2D eigenvalue weighted by atomic mass is 16.1. The molecule has 3 heteroatoms.